The van der Waals surface area contributed by atoms with Crippen molar-refractivity contribution >= 4 is 33.4 Å². The Kier molecular flexibility index (Phi) is 3.88. The Hall–Kier alpha value is -1.53. The summed E-state index contributed by atoms with van der Waals surface area (Å²) in [6.07, 6.45) is 0. The topological polar surface area (TPSA) is 63.4 Å². The molecule has 0 unspecified atom stereocenters. The fourth-order valence-corrected chi connectivity index (χ4v) is 2.83. The average molecular weight is 326 g/mol. The zero-order valence-corrected chi connectivity index (χ0v) is 11.4. The van der Waals surface area contributed by atoms with Crippen molar-refractivity contribution in [3.05, 3.63) is 57.1 Å². The van der Waals surface area contributed by atoms with Gasteiger partial charge in [-0.15, -0.1) is 0 Å². The summed E-state index contributed by atoms with van der Waals surface area (Å²) in [5.74, 6) is 0.170. The van der Waals surface area contributed by atoms with Gasteiger partial charge in [0.25, 0.3) is 5.69 Å². The van der Waals surface area contributed by atoms with Crippen LogP contribution in [0.4, 0.5) is 5.69 Å². The molecule has 0 aliphatic rings. The van der Waals surface area contributed by atoms with Gasteiger partial charge in [0.05, 0.1) is 9.82 Å². The molecular formula is C12H8BrNO3S. The fraction of sp³-hybridized carbons (Fsp3) is 0. The summed E-state index contributed by atoms with van der Waals surface area (Å²) in [7, 11) is 0. The molecule has 0 atom stereocenters. The van der Waals surface area contributed by atoms with Crippen LogP contribution in [0.15, 0.2) is 56.7 Å². The van der Waals surface area contributed by atoms with E-state index in [1.807, 2.05) is 0 Å². The minimum absolute atomic E-state index is 0.0660. The van der Waals surface area contributed by atoms with Crippen molar-refractivity contribution in [2.24, 2.45) is 0 Å². The third-order valence-corrected chi connectivity index (χ3v) is 3.73. The third-order valence-electron chi connectivity index (χ3n) is 2.18. The van der Waals surface area contributed by atoms with E-state index < -0.39 is 4.92 Å². The summed E-state index contributed by atoms with van der Waals surface area (Å²) in [5.41, 5.74) is 0.0660. The highest BCUT2D eigenvalue weighted by atomic mass is 79.9. The Morgan fingerprint density at radius 2 is 1.83 bits per heavy atom. The van der Waals surface area contributed by atoms with Gasteiger partial charge in [-0.1, -0.05) is 27.7 Å². The SMILES string of the molecule is O=[N+]([O-])c1ccc(Br)cc1Sc1ccc(O)cc1. The van der Waals surface area contributed by atoms with Crippen LogP contribution in [-0.4, -0.2) is 10.0 Å². The Bertz CT molecular complexity index is 586. The van der Waals surface area contributed by atoms with Crippen molar-refractivity contribution < 1.29 is 10.0 Å². The smallest absolute Gasteiger partial charge is 0.283 e. The van der Waals surface area contributed by atoms with Gasteiger partial charge in [0.15, 0.2) is 0 Å². The Balaban J connectivity index is 2.35. The van der Waals surface area contributed by atoms with E-state index in [2.05, 4.69) is 15.9 Å². The van der Waals surface area contributed by atoms with Crippen molar-refractivity contribution in [1.82, 2.24) is 0 Å². The standard InChI is InChI=1S/C12H8BrNO3S/c13-8-1-6-11(14(16)17)12(7-8)18-10-4-2-9(15)3-5-10/h1-7,15H. The van der Waals surface area contributed by atoms with Crippen LogP contribution in [0, 0.1) is 10.1 Å². The number of nitrogens with zero attached hydrogens (tertiary/aromatic N) is 1. The molecule has 6 heteroatoms. The lowest BCUT2D eigenvalue weighted by Crippen LogP contribution is -1.90. The molecule has 92 valence electrons. The molecule has 4 nitrogen and oxygen atoms in total. The van der Waals surface area contributed by atoms with Gasteiger partial charge in [0.1, 0.15) is 5.75 Å². The molecule has 0 spiro atoms. The number of rotatable bonds is 3. The quantitative estimate of drug-likeness (QED) is 0.678. The molecule has 1 N–H and O–H groups in total. The second-order valence-corrected chi connectivity index (χ2v) is 5.50. The largest absolute Gasteiger partial charge is 0.508 e. The van der Waals surface area contributed by atoms with E-state index in [9.17, 15) is 15.2 Å². The highest BCUT2D eigenvalue weighted by Crippen LogP contribution is 2.36. The monoisotopic (exact) mass is 325 g/mol. The van der Waals surface area contributed by atoms with E-state index in [1.165, 1.54) is 17.8 Å². The number of hydrogen-bond acceptors (Lipinski definition) is 4. The number of halogens is 1. The number of nitro benzene ring substituents is 1. The van der Waals surface area contributed by atoms with Crippen LogP contribution in [0.3, 0.4) is 0 Å². The Labute approximate surface area is 116 Å². The van der Waals surface area contributed by atoms with Crippen LogP contribution in [0.5, 0.6) is 5.75 Å². The van der Waals surface area contributed by atoms with Crippen LogP contribution in [-0.2, 0) is 0 Å². The van der Waals surface area contributed by atoms with Crippen molar-refractivity contribution in [1.29, 1.82) is 0 Å². The molecule has 0 saturated carbocycles. The zero-order chi connectivity index (χ0) is 13.1. The third kappa shape index (κ3) is 3.02. The van der Waals surface area contributed by atoms with Crippen LogP contribution in [0.2, 0.25) is 0 Å². The summed E-state index contributed by atoms with van der Waals surface area (Å²) in [6.45, 7) is 0. The molecule has 0 aromatic heterocycles. The van der Waals surface area contributed by atoms with E-state index >= 15 is 0 Å². The predicted molar refractivity (Wildman–Crippen MR) is 73.0 cm³/mol. The number of phenolic OH excluding ortho intramolecular Hbond substituents is 1. The normalized spacial score (nSPS) is 10.3. The van der Waals surface area contributed by atoms with Gasteiger partial charge < -0.3 is 5.11 Å². The highest BCUT2D eigenvalue weighted by molar-refractivity contribution is 9.10. The summed E-state index contributed by atoms with van der Waals surface area (Å²) < 4.78 is 0.786. The van der Waals surface area contributed by atoms with Crippen LogP contribution >= 0.6 is 27.7 Å². The molecule has 0 aliphatic heterocycles. The van der Waals surface area contributed by atoms with Crippen molar-refractivity contribution in [3.8, 4) is 5.75 Å². The first kappa shape index (κ1) is 12.9. The lowest BCUT2D eigenvalue weighted by Gasteiger charge is -2.03. The minimum Gasteiger partial charge on any atom is -0.508 e. The summed E-state index contributed by atoms with van der Waals surface area (Å²) in [6, 6.07) is 11.3. The molecule has 18 heavy (non-hydrogen) atoms. The predicted octanol–water partition coefficient (Wildman–Crippen LogP) is 4.21. The average Bonchev–Trinajstić information content (AvgIpc) is 2.32. The lowest BCUT2D eigenvalue weighted by atomic mass is 10.3. The van der Waals surface area contributed by atoms with Gasteiger partial charge in [-0.2, -0.15) is 0 Å². The number of nitro groups is 1. The maximum atomic E-state index is 10.9. The maximum absolute atomic E-state index is 10.9. The molecule has 2 aromatic rings. The van der Waals surface area contributed by atoms with Gasteiger partial charge in [-0.3, -0.25) is 10.1 Å². The van der Waals surface area contributed by atoms with E-state index in [1.54, 1.807) is 36.4 Å². The van der Waals surface area contributed by atoms with Crippen LogP contribution in [0.1, 0.15) is 0 Å². The van der Waals surface area contributed by atoms with E-state index in [0.717, 1.165) is 9.37 Å². The molecule has 2 aromatic carbocycles. The maximum Gasteiger partial charge on any atom is 0.283 e. The van der Waals surface area contributed by atoms with Crippen molar-refractivity contribution in [3.63, 3.8) is 0 Å². The van der Waals surface area contributed by atoms with E-state index in [0.29, 0.717) is 4.90 Å². The second-order valence-electron chi connectivity index (χ2n) is 3.47. The van der Waals surface area contributed by atoms with Crippen LogP contribution in [0.25, 0.3) is 0 Å². The molecule has 0 saturated heterocycles. The van der Waals surface area contributed by atoms with Gasteiger partial charge in [0, 0.05) is 15.4 Å². The molecule has 2 rings (SSSR count). The van der Waals surface area contributed by atoms with Gasteiger partial charge in [-0.05, 0) is 36.4 Å². The first-order chi connectivity index (χ1) is 8.56. The van der Waals surface area contributed by atoms with Crippen molar-refractivity contribution in [2.45, 2.75) is 9.79 Å². The number of phenols is 1. The summed E-state index contributed by atoms with van der Waals surface area (Å²) >= 11 is 4.58. The number of hydrogen-bond donors (Lipinski definition) is 1. The Morgan fingerprint density at radius 1 is 1.17 bits per heavy atom. The highest BCUT2D eigenvalue weighted by Gasteiger charge is 2.14. The van der Waals surface area contributed by atoms with Gasteiger partial charge in [-0.25, -0.2) is 0 Å². The minimum atomic E-state index is -0.408. The Morgan fingerprint density at radius 3 is 2.44 bits per heavy atom. The van der Waals surface area contributed by atoms with E-state index in [-0.39, 0.29) is 11.4 Å². The van der Waals surface area contributed by atoms with Gasteiger partial charge >= 0.3 is 0 Å². The number of benzene rings is 2. The summed E-state index contributed by atoms with van der Waals surface area (Å²) in [5, 5.41) is 20.1. The van der Waals surface area contributed by atoms with Gasteiger partial charge in [0.2, 0.25) is 0 Å². The lowest BCUT2D eigenvalue weighted by molar-refractivity contribution is -0.387. The second kappa shape index (κ2) is 5.41. The molecule has 0 aliphatic carbocycles. The molecule has 0 heterocycles. The molecule has 0 bridgehead atoms. The van der Waals surface area contributed by atoms with E-state index in [4.69, 9.17) is 0 Å². The van der Waals surface area contributed by atoms with Crippen molar-refractivity contribution in [2.75, 3.05) is 0 Å². The molecule has 0 amide bonds. The molecule has 0 fully saturated rings. The molecular weight excluding hydrogens is 318 g/mol. The fourth-order valence-electron chi connectivity index (χ4n) is 1.36. The van der Waals surface area contributed by atoms with Crippen LogP contribution < -0.4 is 0 Å². The zero-order valence-electron chi connectivity index (χ0n) is 9.04. The number of aromatic hydroxyl groups is 1. The molecule has 0 radical (unpaired) electrons. The summed E-state index contributed by atoms with van der Waals surface area (Å²) in [4.78, 5) is 11.9. The first-order valence-corrected chi connectivity index (χ1v) is 6.58. The first-order valence-electron chi connectivity index (χ1n) is 4.97.